The van der Waals surface area contributed by atoms with Gasteiger partial charge in [-0.1, -0.05) is 0 Å². The molecular formula is C15H21N2O5P. The van der Waals surface area contributed by atoms with Gasteiger partial charge in [0.05, 0.1) is 24.2 Å². The van der Waals surface area contributed by atoms with Crippen LogP contribution in [0.5, 0.6) is 0 Å². The molecule has 8 heteroatoms. The van der Waals surface area contributed by atoms with E-state index in [1.165, 1.54) is 14.2 Å². The molecular weight excluding hydrogens is 319 g/mol. The average molecular weight is 340 g/mol. The van der Waals surface area contributed by atoms with Crippen molar-refractivity contribution in [3.8, 4) is 0 Å². The monoisotopic (exact) mass is 340 g/mol. The Labute approximate surface area is 134 Å². The summed E-state index contributed by atoms with van der Waals surface area (Å²) in [7, 11) is 1.16. The zero-order valence-corrected chi connectivity index (χ0v) is 14.3. The first-order valence-corrected chi connectivity index (χ1v) is 8.82. The van der Waals surface area contributed by atoms with E-state index in [1.54, 1.807) is 6.26 Å². The number of phosphoric acid groups is 1. The molecule has 2 aromatic rings. The van der Waals surface area contributed by atoms with Crippen molar-refractivity contribution in [1.29, 1.82) is 0 Å². The number of furan rings is 1. The van der Waals surface area contributed by atoms with Crippen molar-refractivity contribution in [3.05, 3.63) is 24.0 Å². The minimum atomic E-state index is -3.49. The molecule has 1 aliphatic heterocycles. The molecule has 1 aromatic heterocycles. The van der Waals surface area contributed by atoms with Crippen molar-refractivity contribution < 1.29 is 22.6 Å². The first-order chi connectivity index (χ1) is 11.0. The number of nitrogens with zero attached hydrogens (tertiary/aromatic N) is 1. The van der Waals surface area contributed by atoms with Gasteiger partial charge in [0.25, 0.3) is 0 Å². The number of hydrogen-bond acceptors (Lipinski definition) is 7. The molecule has 2 heterocycles. The second-order valence-electron chi connectivity index (χ2n) is 5.58. The maximum Gasteiger partial charge on any atom is 0.474 e. The van der Waals surface area contributed by atoms with Gasteiger partial charge in [-0.25, -0.2) is 4.57 Å². The van der Waals surface area contributed by atoms with Crippen LogP contribution in [-0.2, 0) is 18.1 Å². The van der Waals surface area contributed by atoms with E-state index in [1.807, 2.05) is 19.2 Å². The highest BCUT2D eigenvalue weighted by Gasteiger charge is 2.31. The lowest BCUT2D eigenvalue weighted by atomic mass is 9.89. The number of nitrogen functional groups attached to an aromatic ring is 1. The van der Waals surface area contributed by atoms with Crippen LogP contribution in [0.2, 0.25) is 0 Å². The van der Waals surface area contributed by atoms with Crippen molar-refractivity contribution in [1.82, 2.24) is 0 Å². The Balaban J connectivity index is 1.96. The van der Waals surface area contributed by atoms with Gasteiger partial charge < -0.3 is 15.1 Å². The van der Waals surface area contributed by atoms with Crippen LogP contribution < -0.4 is 10.6 Å². The van der Waals surface area contributed by atoms with Crippen LogP contribution in [0.3, 0.4) is 0 Å². The van der Waals surface area contributed by atoms with Gasteiger partial charge in [0, 0.05) is 39.1 Å². The van der Waals surface area contributed by atoms with E-state index in [0.29, 0.717) is 11.3 Å². The smallest absolute Gasteiger partial charge is 0.462 e. The van der Waals surface area contributed by atoms with Crippen LogP contribution >= 0.6 is 7.82 Å². The Morgan fingerprint density at radius 3 is 2.87 bits per heavy atom. The standard InChI is InChI=1S/C15H21N2O5P/c1-17-6-4-10(9-22-23(18,19-2)20-3)12-8-13(16)15-11(14(12)17)5-7-21-15/h5,7-8,10H,4,6,9,16H2,1-3H3. The predicted octanol–water partition coefficient (Wildman–Crippen LogP) is 3.36. The summed E-state index contributed by atoms with van der Waals surface area (Å²) in [6.07, 6.45) is 2.50. The van der Waals surface area contributed by atoms with Gasteiger partial charge in [0.15, 0.2) is 5.58 Å². The molecule has 2 N–H and O–H groups in total. The highest BCUT2D eigenvalue weighted by Crippen LogP contribution is 2.50. The van der Waals surface area contributed by atoms with E-state index in [0.717, 1.165) is 29.6 Å². The molecule has 23 heavy (non-hydrogen) atoms. The molecule has 0 spiro atoms. The zero-order valence-electron chi connectivity index (χ0n) is 13.4. The van der Waals surface area contributed by atoms with Gasteiger partial charge >= 0.3 is 7.82 Å². The molecule has 1 aliphatic rings. The van der Waals surface area contributed by atoms with E-state index in [9.17, 15) is 4.57 Å². The van der Waals surface area contributed by atoms with E-state index in [2.05, 4.69) is 4.90 Å². The van der Waals surface area contributed by atoms with Crippen LogP contribution in [-0.4, -0.2) is 34.4 Å². The van der Waals surface area contributed by atoms with E-state index >= 15 is 0 Å². The molecule has 0 saturated carbocycles. The number of benzene rings is 1. The lowest BCUT2D eigenvalue weighted by Crippen LogP contribution is -2.29. The molecule has 3 rings (SSSR count). The number of phosphoric ester groups is 1. The molecule has 7 nitrogen and oxygen atoms in total. The summed E-state index contributed by atoms with van der Waals surface area (Å²) in [5, 5.41) is 0.980. The molecule has 0 fully saturated rings. The molecule has 0 bridgehead atoms. The van der Waals surface area contributed by atoms with Crippen molar-refractivity contribution in [2.24, 2.45) is 0 Å². The second kappa shape index (κ2) is 6.17. The summed E-state index contributed by atoms with van der Waals surface area (Å²) in [6.45, 7) is 1.10. The van der Waals surface area contributed by atoms with Crippen molar-refractivity contribution in [3.63, 3.8) is 0 Å². The van der Waals surface area contributed by atoms with Gasteiger partial charge in [0.1, 0.15) is 0 Å². The predicted molar refractivity (Wildman–Crippen MR) is 88.8 cm³/mol. The summed E-state index contributed by atoms with van der Waals surface area (Å²) >= 11 is 0. The van der Waals surface area contributed by atoms with E-state index < -0.39 is 7.82 Å². The van der Waals surface area contributed by atoms with Gasteiger partial charge in [-0.05, 0) is 24.1 Å². The van der Waals surface area contributed by atoms with Gasteiger partial charge in [-0.15, -0.1) is 0 Å². The Kier molecular flexibility index (Phi) is 4.38. The van der Waals surface area contributed by atoms with Crippen LogP contribution in [0.15, 0.2) is 22.8 Å². The average Bonchev–Trinajstić information content (AvgIpc) is 3.04. The number of hydrogen-bond donors (Lipinski definition) is 1. The SMILES string of the molecule is COP(=O)(OC)OCC1CCN(C)c2c1cc(N)c1occc21. The Hall–Kier alpha value is -1.53. The largest absolute Gasteiger partial charge is 0.474 e. The van der Waals surface area contributed by atoms with Gasteiger partial charge in [-0.3, -0.25) is 13.6 Å². The topological polar surface area (TPSA) is 87.2 Å². The highest BCUT2D eigenvalue weighted by molar-refractivity contribution is 7.48. The number of rotatable bonds is 5. The lowest BCUT2D eigenvalue weighted by molar-refractivity contribution is 0.143. The molecule has 1 unspecified atom stereocenters. The third-order valence-electron chi connectivity index (χ3n) is 4.28. The summed E-state index contributed by atoms with van der Waals surface area (Å²) < 4.78 is 32.7. The molecule has 1 aromatic carbocycles. The van der Waals surface area contributed by atoms with Crippen LogP contribution in [0.4, 0.5) is 11.4 Å². The van der Waals surface area contributed by atoms with Gasteiger partial charge in [-0.2, -0.15) is 0 Å². The number of fused-ring (bicyclic) bond motifs is 3. The molecule has 0 radical (unpaired) electrons. The fraction of sp³-hybridized carbons (Fsp3) is 0.467. The maximum atomic E-state index is 12.1. The highest BCUT2D eigenvalue weighted by atomic mass is 31.2. The normalized spacial score (nSPS) is 18.4. The van der Waals surface area contributed by atoms with Crippen LogP contribution in [0, 0.1) is 0 Å². The maximum absolute atomic E-state index is 12.1. The quantitative estimate of drug-likeness (QED) is 0.659. The third-order valence-corrected chi connectivity index (χ3v) is 5.64. The van der Waals surface area contributed by atoms with Crippen LogP contribution in [0.25, 0.3) is 11.0 Å². The zero-order chi connectivity index (χ0) is 16.6. The Morgan fingerprint density at radius 2 is 2.17 bits per heavy atom. The Morgan fingerprint density at radius 1 is 1.43 bits per heavy atom. The molecule has 0 amide bonds. The summed E-state index contributed by atoms with van der Waals surface area (Å²) in [5.41, 5.74) is 9.52. The van der Waals surface area contributed by atoms with E-state index in [4.69, 9.17) is 23.7 Å². The molecule has 126 valence electrons. The fourth-order valence-electron chi connectivity index (χ4n) is 3.06. The minimum Gasteiger partial charge on any atom is -0.462 e. The number of anilines is 2. The summed E-state index contributed by atoms with van der Waals surface area (Å²) in [6, 6.07) is 3.83. The van der Waals surface area contributed by atoms with Crippen molar-refractivity contribution >= 4 is 30.2 Å². The number of nitrogens with two attached hydrogens (primary N) is 1. The molecule has 0 aliphatic carbocycles. The Bertz CT molecular complexity index is 752. The summed E-state index contributed by atoms with van der Waals surface area (Å²) in [4.78, 5) is 2.18. The van der Waals surface area contributed by atoms with Crippen molar-refractivity contribution in [2.75, 3.05) is 45.1 Å². The second-order valence-corrected chi connectivity index (χ2v) is 7.47. The molecule has 1 atom stereocenters. The minimum absolute atomic E-state index is 0.0569. The summed E-state index contributed by atoms with van der Waals surface area (Å²) in [5.74, 6) is 0.0569. The molecule has 0 saturated heterocycles. The first-order valence-electron chi connectivity index (χ1n) is 7.36. The fourth-order valence-corrected chi connectivity index (χ4v) is 3.79. The van der Waals surface area contributed by atoms with E-state index in [-0.39, 0.29) is 12.5 Å². The third kappa shape index (κ3) is 2.85. The van der Waals surface area contributed by atoms with Crippen molar-refractivity contribution in [2.45, 2.75) is 12.3 Å². The van der Waals surface area contributed by atoms with Gasteiger partial charge in [0.2, 0.25) is 0 Å². The first kappa shape index (κ1) is 16.3. The lowest BCUT2D eigenvalue weighted by Gasteiger charge is -2.34. The van der Waals surface area contributed by atoms with Crippen LogP contribution in [0.1, 0.15) is 17.9 Å².